The lowest BCUT2D eigenvalue weighted by atomic mass is 9.57. The highest BCUT2D eigenvalue weighted by Crippen LogP contribution is 2.62. The number of halogens is 3. The molecule has 2 fully saturated rings. The number of benzene rings is 1. The normalized spacial score (nSPS) is 23.3. The third-order valence-corrected chi connectivity index (χ3v) is 7.17. The first-order chi connectivity index (χ1) is 11.3. The van der Waals surface area contributed by atoms with Gasteiger partial charge in [-0.25, -0.2) is 4.39 Å². The summed E-state index contributed by atoms with van der Waals surface area (Å²) in [5, 5.41) is 0.569. The topological polar surface area (TPSA) is 43.1 Å². The van der Waals surface area contributed by atoms with Gasteiger partial charge in [-0.05, 0) is 43.2 Å². The number of carbonyl (C=O) groups excluding carboxylic acids is 1. The summed E-state index contributed by atoms with van der Waals surface area (Å²) >= 11 is 12.7. The van der Waals surface area contributed by atoms with Gasteiger partial charge in [0.1, 0.15) is 5.82 Å². The summed E-state index contributed by atoms with van der Waals surface area (Å²) in [5.41, 5.74) is 5.38. The van der Waals surface area contributed by atoms with Gasteiger partial charge < -0.3 is 5.73 Å². The summed E-state index contributed by atoms with van der Waals surface area (Å²) in [6.07, 6.45) is 7.35. The molecule has 0 bridgehead atoms. The van der Waals surface area contributed by atoms with Crippen molar-refractivity contribution in [2.75, 3.05) is 0 Å². The molecule has 0 unspecified atom stereocenters. The molecule has 5 heteroatoms. The summed E-state index contributed by atoms with van der Waals surface area (Å²) in [5.74, 6) is -1.03. The van der Waals surface area contributed by atoms with Crippen LogP contribution in [0.5, 0.6) is 0 Å². The zero-order chi connectivity index (χ0) is 17.5. The van der Waals surface area contributed by atoms with Crippen molar-refractivity contribution < 1.29 is 9.18 Å². The second-order valence-corrected chi connectivity index (χ2v) is 8.56. The smallest absolute Gasteiger partial charge is 0.224 e. The van der Waals surface area contributed by atoms with E-state index in [4.69, 9.17) is 28.9 Å². The van der Waals surface area contributed by atoms with E-state index in [0.29, 0.717) is 23.4 Å². The molecule has 24 heavy (non-hydrogen) atoms. The van der Waals surface area contributed by atoms with Crippen LogP contribution in [0.25, 0.3) is 0 Å². The molecule has 2 nitrogen and oxygen atoms in total. The van der Waals surface area contributed by atoms with Gasteiger partial charge in [0, 0.05) is 11.5 Å². The molecule has 2 aliphatic rings. The predicted octanol–water partition coefficient (Wildman–Crippen LogP) is 5.84. The van der Waals surface area contributed by atoms with E-state index in [0.717, 1.165) is 38.5 Å². The maximum atomic E-state index is 14.9. The quantitative estimate of drug-likeness (QED) is 0.663. The van der Waals surface area contributed by atoms with Crippen molar-refractivity contribution in [2.24, 2.45) is 16.6 Å². The van der Waals surface area contributed by atoms with Crippen LogP contribution >= 0.6 is 23.2 Å². The summed E-state index contributed by atoms with van der Waals surface area (Å²) in [6, 6.07) is 2.83. The Balaban J connectivity index is 2.24. The maximum absolute atomic E-state index is 14.9. The van der Waals surface area contributed by atoms with Gasteiger partial charge in [0.2, 0.25) is 5.91 Å². The fourth-order valence-electron chi connectivity index (χ4n) is 5.25. The summed E-state index contributed by atoms with van der Waals surface area (Å²) in [7, 11) is 0. The molecule has 1 aromatic carbocycles. The van der Waals surface area contributed by atoms with Crippen LogP contribution in [0.2, 0.25) is 10.0 Å². The molecule has 0 spiro atoms. The second kappa shape index (κ2) is 6.49. The number of nitrogens with two attached hydrogens (primary N) is 1. The van der Waals surface area contributed by atoms with Crippen molar-refractivity contribution in [1.29, 1.82) is 0 Å². The molecule has 1 atom stereocenters. The van der Waals surface area contributed by atoms with Gasteiger partial charge in [0.25, 0.3) is 0 Å². The molecule has 0 saturated heterocycles. The van der Waals surface area contributed by atoms with E-state index in [1.807, 2.05) is 0 Å². The van der Waals surface area contributed by atoms with Gasteiger partial charge >= 0.3 is 0 Å². The van der Waals surface area contributed by atoms with Crippen LogP contribution < -0.4 is 5.73 Å². The molecule has 2 saturated carbocycles. The molecular weight excluding hydrogens is 348 g/mol. The third-order valence-electron chi connectivity index (χ3n) is 6.35. The molecule has 2 N–H and O–H groups in total. The molecule has 0 aromatic heterocycles. The molecular formula is C19H24Cl2FNO. The molecule has 3 rings (SSSR count). The van der Waals surface area contributed by atoms with E-state index >= 15 is 0 Å². The number of amides is 1. The second-order valence-electron chi connectivity index (χ2n) is 7.78. The van der Waals surface area contributed by atoms with E-state index in [1.54, 1.807) is 0 Å². The number of hydrogen-bond acceptors (Lipinski definition) is 1. The van der Waals surface area contributed by atoms with Crippen molar-refractivity contribution in [3.8, 4) is 0 Å². The molecule has 132 valence electrons. The predicted molar refractivity (Wildman–Crippen MR) is 95.8 cm³/mol. The maximum Gasteiger partial charge on any atom is 0.224 e. The lowest BCUT2D eigenvalue weighted by molar-refractivity contribution is -0.131. The van der Waals surface area contributed by atoms with Crippen molar-refractivity contribution in [2.45, 2.75) is 64.2 Å². The Morgan fingerprint density at radius 3 is 2.21 bits per heavy atom. The van der Waals surface area contributed by atoms with Gasteiger partial charge in [-0.3, -0.25) is 4.79 Å². The molecule has 2 aliphatic carbocycles. The first-order valence-corrected chi connectivity index (χ1v) is 9.51. The molecule has 0 aliphatic heterocycles. The van der Waals surface area contributed by atoms with Crippen LogP contribution in [-0.2, 0) is 4.79 Å². The minimum absolute atomic E-state index is 0.186. The zero-order valence-corrected chi connectivity index (χ0v) is 15.5. The summed E-state index contributed by atoms with van der Waals surface area (Å²) < 4.78 is 14.9. The highest BCUT2D eigenvalue weighted by Gasteiger charge is 2.55. The van der Waals surface area contributed by atoms with Crippen LogP contribution in [0.1, 0.15) is 69.8 Å². The Kier molecular flexibility index (Phi) is 4.87. The Morgan fingerprint density at radius 1 is 1.12 bits per heavy atom. The van der Waals surface area contributed by atoms with E-state index < -0.39 is 5.41 Å². The first-order valence-electron chi connectivity index (χ1n) is 8.75. The highest BCUT2D eigenvalue weighted by atomic mass is 35.5. The summed E-state index contributed by atoms with van der Waals surface area (Å²) in [4.78, 5) is 12.6. The molecule has 0 radical (unpaired) electrons. The fourth-order valence-corrected chi connectivity index (χ4v) is 5.68. The Hall–Kier alpha value is -0.800. The largest absolute Gasteiger partial charge is 0.369 e. The average molecular weight is 372 g/mol. The minimum Gasteiger partial charge on any atom is -0.369 e. The standard InChI is InChI=1S/C19H24Cl2FNO/c1-18(8-2-3-9-18)16(19(17(23)24)10-4-5-11-19)14-13(22)7-6-12(20)15(14)21/h6-7,16H,2-5,8-11H2,1H3,(H2,23,24)/t16-/m1/s1. The number of primary amides is 1. The monoisotopic (exact) mass is 371 g/mol. The van der Waals surface area contributed by atoms with Gasteiger partial charge in [-0.2, -0.15) is 0 Å². The van der Waals surface area contributed by atoms with E-state index in [-0.39, 0.29) is 28.1 Å². The van der Waals surface area contributed by atoms with Gasteiger partial charge in [-0.15, -0.1) is 0 Å². The van der Waals surface area contributed by atoms with Crippen molar-refractivity contribution >= 4 is 29.1 Å². The van der Waals surface area contributed by atoms with Crippen molar-refractivity contribution in [3.05, 3.63) is 33.6 Å². The van der Waals surface area contributed by atoms with E-state index in [9.17, 15) is 9.18 Å². The summed E-state index contributed by atoms with van der Waals surface area (Å²) in [6.45, 7) is 2.16. The van der Waals surface area contributed by atoms with Crippen LogP contribution in [0.3, 0.4) is 0 Å². The fraction of sp³-hybridized carbons (Fsp3) is 0.632. The van der Waals surface area contributed by atoms with Crippen LogP contribution in [-0.4, -0.2) is 5.91 Å². The zero-order valence-electron chi connectivity index (χ0n) is 14.0. The Morgan fingerprint density at radius 2 is 1.67 bits per heavy atom. The number of rotatable bonds is 4. The van der Waals surface area contributed by atoms with E-state index in [1.165, 1.54) is 12.1 Å². The first kappa shape index (κ1) is 18.0. The SMILES string of the molecule is CC1([C@@H](c2c(F)ccc(Cl)c2Cl)C2(C(N)=O)CCCC2)CCCC1. The van der Waals surface area contributed by atoms with Gasteiger partial charge in [0.15, 0.2) is 0 Å². The molecule has 1 amide bonds. The van der Waals surface area contributed by atoms with Crippen molar-refractivity contribution in [1.82, 2.24) is 0 Å². The van der Waals surface area contributed by atoms with Gasteiger partial charge in [-0.1, -0.05) is 55.8 Å². The lowest BCUT2D eigenvalue weighted by Gasteiger charge is -2.45. The number of carbonyl (C=O) groups is 1. The van der Waals surface area contributed by atoms with Crippen LogP contribution in [0.15, 0.2) is 12.1 Å². The molecule has 1 aromatic rings. The number of hydrogen-bond donors (Lipinski definition) is 1. The third kappa shape index (κ3) is 2.74. The van der Waals surface area contributed by atoms with Crippen LogP contribution in [0, 0.1) is 16.6 Å². The molecule has 0 heterocycles. The van der Waals surface area contributed by atoms with Crippen molar-refractivity contribution in [3.63, 3.8) is 0 Å². The Bertz CT molecular complexity index is 649. The minimum atomic E-state index is -0.728. The average Bonchev–Trinajstić information content (AvgIpc) is 3.18. The van der Waals surface area contributed by atoms with Gasteiger partial charge in [0.05, 0.1) is 15.5 Å². The lowest BCUT2D eigenvalue weighted by Crippen LogP contribution is -2.46. The Labute approximate surface area is 152 Å². The van der Waals surface area contributed by atoms with Crippen LogP contribution in [0.4, 0.5) is 4.39 Å². The highest BCUT2D eigenvalue weighted by molar-refractivity contribution is 6.42. The van der Waals surface area contributed by atoms with E-state index in [2.05, 4.69) is 6.92 Å².